The number of methoxy groups -OCH3 is 1. The second kappa shape index (κ2) is 10.2. The van der Waals surface area contributed by atoms with Crippen LogP contribution < -0.4 is 4.74 Å². The number of ether oxygens (including phenoxy) is 2. The topological polar surface area (TPSA) is 59.8 Å². The molecule has 2 aromatic carbocycles. The maximum Gasteiger partial charge on any atom is 0.257 e. The lowest BCUT2D eigenvalue weighted by Gasteiger charge is -2.42. The van der Waals surface area contributed by atoms with Crippen LogP contribution in [0.4, 0.5) is 0 Å². The number of imidazole rings is 1. The van der Waals surface area contributed by atoms with Gasteiger partial charge in [-0.3, -0.25) is 9.69 Å². The highest BCUT2D eigenvalue weighted by molar-refractivity contribution is 6.30. The first kappa shape index (κ1) is 24.8. The number of nitrogens with zero attached hydrogens (tertiary/aromatic N) is 4. The highest BCUT2D eigenvalue weighted by Crippen LogP contribution is 2.42. The molecule has 5 rings (SSSR count). The lowest BCUT2D eigenvalue weighted by Crippen LogP contribution is -2.60. The molecular formula is C28H33ClN4O3. The zero-order valence-electron chi connectivity index (χ0n) is 21.1. The van der Waals surface area contributed by atoms with Crippen LogP contribution in [0.3, 0.4) is 0 Å². The van der Waals surface area contributed by atoms with Gasteiger partial charge in [0, 0.05) is 50.0 Å². The van der Waals surface area contributed by atoms with E-state index in [0.717, 1.165) is 22.6 Å². The van der Waals surface area contributed by atoms with Crippen molar-refractivity contribution in [1.82, 2.24) is 19.4 Å². The van der Waals surface area contributed by atoms with Crippen LogP contribution in [0, 0.1) is 0 Å². The van der Waals surface area contributed by atoms with E-state index in [1.165, 1.54) is 0 Å². The molecular weight excluding hydrogens is 476 g/mol. The van der Waals surface area contributed by atoms with E-state index >= 15 is 0 Å². The fourth-order valence-corrected chi connectivity index (χ4v) is 5.52. The Kier molecular flexibility index (Phi) is 7.06. The van der Waals surface area contributed by atoms with Crippen LogP contribution in [0.15, 0.2) is 61.1 Å². The molecule has 2 aliphatic rings. The van der Waals surface area contributed by atoms with E-state index in [1.807, 2.05) is 53.7 Å². The number of hydrogen-bond donors (Lipinski definition) is 0. The van der Waals surface area contributed by atoms with E-state index in [2.05, 4.69) is 35.6 Å². The van der Waals surface area contributed by atoms with Crippen molar-refractivity contribution in [3.05, 3.63) is 82.9 Å². The summed E-state index contributed by atoms with van der Waals surface area (Å²) in [5.74, 6) is 0.668. The molecule has 2 saturated heterocycles. The molecule has 36 heavy (non-hydrogen) atoms. The van der Waals surface area contributed by atoms with Crippen LogP contribution in [-0.2, 0) is 22.6 Å². The van der Waals surface area contributed by atoms with Crippen LogP contribution in [0.2, 0.25) is 5.02 Å². The molecule has 0 bridgehead atoms. The molecule has 0 saturated carbocycles. The smallest absolute Gasteiger partial charge is 0.257 e. The Hall–Kier alpha value is -2.87. The quantitative estimate of drug-likeness (QED) is 0.469. The predicted octanol–water partition coefficient (Wildman–Crippen LogP) is 4.52. The first-order chi connectivity index (χ1) is 17.4. The zero-order chi connectivity index (χ0) is 25.3. The van der Waals surface area contributed by atoms with Gasteiger partial charge in [0.2, 0.25) is 0 Å². The zero-order valence-corrected chi connectivity index (χ0v) is 21.8. The first-order valence-corrected chi connectivity index (χ1v) is 12.8. The highest BCUT2D eigenvalue weighted by atomic mass is 35.5. The van der Waals surface area contributed by atoms with Gasteiger partial charge in [-0.25, -0.2) is 4.98 Å². The number of aromatic nitrogens is 2. The van der Waals surface area contributed by atoms with Crippen molar-refractivity contribution in [2.45, 2.75) is 44.5 Å². The van der Waals surface area contributed by atoms with Gasteiger partial charge in [-0.2, -0.15) is 0 Å². The third-order valence-corrected chi connectivity index (χ3v) is 7.47. The Labute approximate surface area is 217 Å². The number of halogens is 1. The van der Waals surface area contributed by atoms with Crippen LogP contribution in [0.1, 0.15) is 42.6 Å². The average molecular weight is 509 g/mol. The van der Waals surface area contributed by atoms with Gasteiger partial charge in [-0.1, -0.05) is 35.9 Å². The standard InChI is InChI=1S/C28H33ClN4O3/c1-20(2)33-17-26(30-19-33)25-16-31(14-22-5-4-6-23(29)13-22)18-28(25)27(34)32(11-12-36-28)15-21-7-9-24(35-3)10-8-21/h4-10,13,17,19-20,25H,11-12,14-16,18H2,1-3H3/t25-,28-/m0/s1. The molecule has 1 aromatic heterocycles. The van der Waals surface area contributed by atoms with Gasteiger partial charge in [0.15, 0.2) is 5.60 Å². The van der Waals surface area contributed by atoms with E-state index in [0.29, 0.717) is 50.4 Å². The number of morpholine rings is 1. The maximum absolute atomic E-state index is 14.1. The molecule has 2 fully saturated rings. The van der Waals surface area contributed by atoms with Crippen molar-refractivity contribution < 1.29 is 14.3 Å². The molecule has 2 atom stereocenters. The molecule has 0 aliphatic carbocycles. The normalized spacial score (nSPS) is 22.6. The summed E-state index contributed by atoms with van der Waals surface area (Å²) in [5, 5.41) is 0.712. The summed E-state index contributed by atoms with van der Waals surface area (Å²) in [7, 11) is 1.65. The van der Waals surface area contributed by atoms with Gasteiger partial charge >= 0.3 is 0 Å². The number of benzene rings is 2. The van der Waals surface area contributed by atoms with E-state index in [-0.39, 0.29) is 11.8 Å². The van der Waals surface area contributed by atoms with Gasteiger partial charge in [0.1, 0.15) is 5.75 Å². The third-order valence-electron chi connectivity index (χ3n) is 7.23. The second-order valence-corrected chi connectivity index (χ2v) is 10.4. The van der Waals surface area contributed by atoms with Crippen molar-refractivity contribution in [3.8, 4) is 5.75 Å². The Morgan fingerprint density at radius 2 is 1.97 bits per heavy atom. The molecule has 1 amide bonds. The van der Waals surface area contributed by atoms with Crippen LogP contribution in [0.25, 0.3) is 0 Å². The van der Waals surface area contributed by atoms with Crippen molar-refractivity contribution in [1.29, 1.82) is 0 Å². The lowest BCUT2D eigenvalue weighted by molar-refractivity contribution is -0.173. The fourth-order valence-electron chi connectivity index (χ4n) is 5.31. The molecule has 190 valence electrons. The van der Waals surface area contributed by atoms with Gasteiger partial charge in [-0.15, -0.1) is 0 Å². The summed E-state index contributed by atoms with van der Waals surface area (Å²) >= 11 is 6.24. The molecule has 2 aliphatic heterocycles. The van der Waals surface area contributed by atoms with Crippen molar-refractivity contribution in [3.63, 3.8) is 0 Å². The second-order valence-electron chi connectivity index (χ2n) is 10.0. The van der Waals surface area contributed by atoms with Gasteiger partial charge in [0.25, 0.3) is 5.91 Å². The Balaban J connectivity index is 1.44. The van der Waals surface area contributed by atoms with Crippen molar-refractivity contribution in [2.24, 2.45) is 0 Å². The number of hydrogen-bond acceptors (Lipinski definition) is 5. The molecule has 0 radical (unpaired) electrons. The van der Waals surface area contributed by atoms with Gasteiger partial charge < -0.3 is 18.9 Å². The lowest BCUT2D eigenvalue weighted by atomic mass is 9.85. The largest absolute Gasteiger partial charge is 0.497 e. The minimum atomic E-state index is -0.973. The summed E-state index contributed by atoms with van der Waals surface area (Å²) in [4.78, 5) is 23.1. The number of carbonyl (C=O) groups is 1. The molecule has 3 aromatic rings. The third kappa shape index (κ3) is 4.88. The SMILES string of the molecule is COc1ccc(CN2CCO[C@]3(CN(Cc4cccc(Cl)c4)C[C@H]3c3cn(C(C)C)cn3)C2=O)cc1. The Morgan fingerprint density at radius 3 is 2.67 bits per heavy atom. The molecule has 0 N–H and O–H groups in total. The molecule has 0 unspecified atom stereocenters. The van der Waals surface area contributed by atoms with E-state index in [1.54, 1.807) is 7.11 Å². The summed E-state index contributed by atoms with van der Waals surface area (Å²) in [6.07, 6.45) is 3.93. The van der Waals surface area contributed by atoms with E-state index in [4.69, 9.17) is 26.1 Å². The molecule has 3 heterocycles. The average Bonchev–Trinajstić information content (AvgIpc) is 3.48. The summed E-state index contributed by atoms with van der Waals surface area (Å²) in [6, 6.07) is 16.1. The van der Waals surface area contributed by atoms with Gasteiger partial charge in [0.05, 0.1) is 31.7 Å². The maximum atomic E-state index is 14.1. The number of carbonyl (C=O) groups excluding carboxylic acids is 1. The van der Waals surface area contributed by atoms with E-state index in [9.17, 15) is 4.79 Å². The fraction of sp³-hybridized carbons (Fsp3) is 0.429. The van der Waals surface area contributed by atoms with Crippen molar-refractivity contribution in [2.75, 3.05) is 33.4 Å². The number of amides is 1. The van der Waals surface area contributed by atoms with Crippen LogP contribution >= 0.6 is 11.6 Å². The summed E-state index contributed by atoms with van der Waals surface area (Å²) in [6.45, 7) is 7.73. The summed E-state index contributed by atoms with van der Waals surface area (Å²) in [5.41, 5.74) is 2.11. The minimum absolute atomic E-state index is 0.0299. The minimum Gasteiger partial charge on any atom is -0.497 e. The van der Waals surface area contributed by atoms with Crippen LogP contribution in [-0.4, -0.2) is 64.2 Å². The molecule has 1 spiro atoms. The highest BCUT2D eigenvalue weighted by Gasteiger charge is 2.57. The molecule has 7 nitrogen and oxygen atoms in total. The van der Waals surface area contributed by atoms with Gasteiger partial charge in [-0.05, 0) is 49.2 Å². The van der Waals surface area contributed by atoms with Crippen LogP contribution in [0.5, 0.6) is 5.75 Å². The number of rotatable bonds is 7. The summed E-state index contributed by atoms with van der Waals surface area (Å²) < 4.78 is 13.8. The number of likely N-dealkylation sites (tertiary alicyclic amines) is 1. The first-order valence-electron chi connectivity index (χ1n) is 12.4. The monoisotopic (exact) mass is 508 g/mol. The van der Waals surface area contributed by atoms with E-state index < -0.39 is 5.60 Å². The molecule has 8 heteroatoms. The van der Waals surface area contributed by atoms with Crippen molar-refractivity contribution >= 4 is 17.5 Å². The Morgan fingerprint density at radius 1 is 1.17 bits per heavy atom. The Bertz CT molecular complexity index is 1210. The predicted molar refractivity (Wildman–Crippen MR) is 139 cm³/mol.